The van der Waals surface area contributed by atoms with E-state index in [4.69, 9.17) is 4.74 Å². The lowest BCUT2D eigenvalue weighted by molar-refractivity contribution is 0.0432. The van der Waals surface area contributed by atoms with Crippen molar-refractivity contribution >= 4 is 0 Å². The molecule has 3 heteroatoms. The number of ether oxygens (including phenoxy) is 1. The van der Waals surface area contributed by atoms with Gasteiger partial charge < -0.3 is 9.64 Å². The van der Waals surface area contributed by atoms with Gasteiger partial charge in [0.05, 0.1) is 12.7 Å². The third kappa shape index (κ3) is 3.50. The first-order valence-corrected chi connectivity index (χ1v) is 4.52. The minimum atomic E-state index is 0. The van der Waals surface area contributed by atoms with Crippen molar-refractivity contribution in [3.05, 3.63) is 0 Å². The molecular weight excluding hydrogens is 157 g/mol. The van der Waals surface area contributed by atoms with E-state index in [1.54, 1.807) is 0 Å². The number of hydrogen-bond acceptors (Lipinski definition) is 2. The van der Waals surface area contributed by atoms with Crippen LogP contribution in [0.25, 0.3) is 0 Å². The maximum Gasteiger partial charge on any atom is 0.0625 e. The van der Waals surface area contributed by atoms with Gasteiger partial charge in [-0.25, -0.2) is 0 Å². The number of nitrogens with zero attached hydrogens (tertiary/aromatic N) is 1. The van der Waals surface area contributed by atoms with Gasteiger partial charge in [-0.2, -0.15) is 0 Å². The molecule has 0 radical (unpaired) electrons. The van der Waals surface area contributed by atoms with Gasteiger partial charge in [0, 0.05) is 6.04 Å². The van der Waals surface area contributed by atoms with Crippen LogP contribution in [0.15, 0.2) is 0 Å². The van der Waals surface area contributed by atoms with Gasteiger partial charge in [0.2, 0.25) is 0 Å². The maximum atomic E-state index is 5.55. The highest BCUT2D eigenvalue weighted by molar-refractivity contribution is 4.75. The Kier molecular flexibility index (Phi) is 5.42. The van der Waals surface area contributed by atoms with Gasteiger partial charge in [0.1, 0.15) is 0 Å². The lowest BCUT2D eigenvalue weighted by atomic mass is 10.2. The molecule has 0 bridgehead atoms. The van der Waals surface area contributed by atoms with Crippen LogP contribution >= 0.6 is 0 Å². The van der Waals surface area contributed by atoms with Crippen molar-refractivity contribution in [2.75, 3.05) is 20.2 Å². The van der Waals surface area contributed by atoms with Crippen LogP contribution in [0.4, 0.5) is 4.70 Å². The van der Waals surface area contributed by atoms with E-state index in [1.165, 1.54) is 19.4 Å². The Morgan fingerprint density at radius 2 is 2.17 bits per heavy atom. The Hall–Kier alpha value is -0.150. The molecule has 0 N–H and O–H groups in total. The van der Waals surface area contributed by atoms with Crippen molar-refractivity contribution in [3.63, 3.8) is 0 Å². The summed E-state index contributed by atoms with van der Waals surface area (Å²) in [5, 5.41) is 0. The highest BCUT2D eigenvalue weighted by Gasteiger charge is 2.20. The first-order chi connectivity index (χ1) is 5.20. The molecule has 2 nitrogen and oxygen atoms in total. The van der Waals surface area contributed by atoms with Crippen molar-refractivity contribution in [2.45, 2.75) is 38.8 Å². The second-order valence-corrected chi connectivity index (χ2v) is 3.66. The molecule has 1 aliphatic heterocycles. The highest BCUT2D eigenvalue weighted by Crippen LogP contribution is 2.14. The number of rotatable bonds is 3. The number of halogens is 1. The van der Waals surface area contributed by atoms with Crippen molar-refractivity contribution in [1.29, 1.82) is 0 Å². The van der Waals surface area contributed by atoms with Gasteiger partial charge in [-0.05, 0) is 40.3 Å². The third-order valence-electron chi connectivity index (χ3n) is 2.29. The van der Waals surface area contributed by atoms with Gasteiger partial charge in [-0.1, -0.05) is 0 Å². The van der Waals surface area contributed by atoms with Gasteiger partial charge in [0.25, 0.3) is 0 Å². The number of likely N-dealkylation sites (N-methyl/N-ethyl adjacent to an activating group) is 1. The largest absolute Gasteiger partial charge is 0.377 e. The van der Waals surface area contributed by atoms with Crippen molar-refractivity contribution in [1.82, 2.24) is 4.90 Å². The second-order valence-electron chi connectivity index (χ2n) is 3.66. The summed E-state index contributed by atoms with van der Waals surface area (Å²) in [7, 11) is 2.18. The summed E-state index contributed by atoms with van der Waals surface area (Å²) in [6, 6.07) is 0.678. The lowest BCUT2D eigenvalue weighted by Crippen LogP contribution is -2.30. The molecule has 12 heavy (non-hydrogen) atoms. The molecule has 74 valence electrons. The molecule has 0 aliphatic carbocycles. The Bertz CT molecular complexity index is 119. The van der Waals surface area contributed by atoms with Crippen LogP contribution in [0.1, 0.15) is 26.7 Å². The number of hydrogen-bond donors (Lipinski definition) is 0. The zero-order valence-corrected chi connectivity index (χ0v) is 8.25. The van der Waals surface area contributed by atoms with E-state index in [9.17, 15) is 0 Å². The van der Waals surface area contributed by atoms with Crippen LogP contribution in [0.5, 0.6) is 0 Å². The summed E-state index contributed by atoms with van der Waals surface area (Å²) in [6.45, 7) is 6.34. The molecule has 1 unspecified atom stereocenters. The van der Waals surface area contributed by atoms with Crippen LogP contribution in [-0.2, 0) is 4.74 Å². The highest BCUT2D eigenvalue weighted by atomic mass is 19.0. The molecule has 0 spiro atoms. The van der Waals surface area contributed by atoms with Crippen molar-refractivity contribution < 1.29 is 9.44 Å². The number of likely N-dealkylation sites (tertiary alicyclic amines) is 1. The molecule has 1 rings (SSSR count). The summed E-state index contributed by atoms with van der Waals surface area (Å²) in [6.07, 6.45) is 3.02. The summed E-state index contributed by atoms with van der Waals surface area (Å²) in [5.74, 6) is 0. The van der Waals surface area contributed by atoms with E-state index >= 15 is 0 Å². The Balaban J connectivity index is 0.00000121. The average Bonchev–Trinajstić information content (AvgIpc) is 2.31. The zero-order valence-electron chi connectivity index (χ0n) is 8.25. The molecule has 1 fully saturated rings. The standard InChI is InChI=1S/C9H19NO.FH/c1-8(2)11-7-9-5-4-6-10(9)3;/h8-9H,4-7H2,1-3H3;1H. The SMILES string of the molecule is CC(C)OCC1CCCN1C.F. The molecule has 1 atom stereocenters. The van der Waals surface area contributed by atoms with Crippen molar-refractivity contribution in [3.8, 4) is 0 Å². The maximum absolute atomic E-state index is 5.55. The quantitative estimate of drug-likeness (QED) is 0.650. The third-order valence-corrected chi connectivity index (χ3v) is 2.29. The molecule has 0 aromatic rings. The predicted molar refractivity (Wildman–Crippen MR) is 49.2 cm³/mol. The lowest BCUT2D eigenvalue weighted by Gasteiger charge is -2.20. The first kappa shape index (κ1) is 11.8. The van der Waals surface area contributed by atoms with E-state index in [1.807, 2.05) is 0 Å². The van der Waals surface area contributed by atoms with Crippen LogP contribution in [0.2, 0.25) is 0 Å². The summed E-state index contributed by atoms with van der Waals surface area (Å²) >= 11 is 0. The molecular formula is C9H20FNO. The van der Waals surface area contributed by atoms with Crippen LogP contribution in [0, 0.1) is 0 Å². The Morgan fingerprint density at radius 1 is 1.50 bits per heavy atom. The Morgan fingerprint density at radius 3 is 2.58 bits per heavy atom. The van der Waals surface area contributed by atoms with Gasteiger partial charge in [0.15, 0.2) is 0 Å². The topological polar surface area (TPSA) is 12.5 Å². The van der Waals surface area contributed by atoms with E-state index in [-0.39, 0.29) is 4.70 Å². The summed E-state index contributed by atoms with van der Waals surface area (Å²) < 4.78 is 5.55. The molecule has 0 saturated carbocycles. The minimum absolute atomic E-state index is 0. The fourth-order valence-electron chi connectivity index (χ4n) is 1.49. The Labute approximate surface area is 74.3 Å². The molecule has 1 heterocycles. The minimum Gasteiger partial charge on any atom is -0.377 e. The molecule has 1 saturated heterocycles. The molecule has 0 aromatic heterocycles. The molecule has 1 aliphatic rings. The first-order valence-electron chi connectivity index (χ1n) is 4.52. The van der Waals surface area contributed by atoms with Gasteiger partial charge >= 0.3 is 0 Å². The predicted octanol–water partition coefficient (Wildman–Crippen LogP) is 1.66. The van der Waals surface area contributed by atoms with Crippen LogP contribution < -0.4 is 0 Å². The van der Waals surface area contributed by atoms with Crippen LogP contribution in [0.3, 0.4) is 0 Å². The van der Waals surface area contributed by atoms with E-state index in [0.29, 0.717) is 12.1 Å². The fraction of sp³-hybridized carbons (Fsp3) is 1.00. The monoisotopic (exact) mass is 177 g/mol. The van der Waals surface area contributed by atoms with E-state index in [2.05, 4.69) is 25.8 Å². The second kappa shape index (κ2) is 5.49. The average molecular weight is 177 g/mol. The molecule has 0 aromatic carbocycles. The van der Waals surface area contributed by atoms with Gasteiger partial charge in [-0.15, -0.1) is 0 Å². The zero-order chi connectivity index (χ0) is 8.27. The van der Waals surface area contributed by atoms with E-state index < -0.39 is 0 Å². The fourth-order valence-corrected chi connectivity index (χ4v) is 1.49. The summed E-state index contributed by atoms with van der Waals surface area (Å²) in [5.41, 5.74) is 0. The smallest absolute Gasteiger partial charge is 0.0625 e. The molecule has 0 amide bonds. The normalized spacial score (nSPS) is 24.5. The van der Waals surface area contributed by atoms with Crippen molar-refractivity contribution in [2.24, 2.45) is 0 Å². The van der Waals surface area contributed by atoms with E-state index in [0.717, 1.165) is 6.61 Å². The summed E-state index contributed by atoms with van der Waals surface area (Å²) in [4.78, 5) is 2.39. The van der Waals surface area contributed by atoms with Crippen LogP contribution in [-0.4, -0.2) is 37.2 Å². The van der Waals surface area contributed by atoms with Gasteiger partial charge in [-0.3, -0.25) is 4.70 Å².